The van der Waals surface area contributed by atoms with Gasteiger partial charge in [-0.15, -0.1) is 0 Å². The van der Waals surface area contributed by atoms with Gasteiger partial charge in [0.1, 0.15) is 0 Å². The van der Waals surface area contributed by atoms with Crippen molar-refractivity contribution in [2.75, 3.05) is 11.9 Å². The normalized spacial score (nSPS) is 24.9. The van der Waals surface area contributed by atoms with Crippen LogP contribution in [0.4, 0.5) is 5.69 Å². The lowest BCUT2D eigenvalue weighted by molar-refractivity contribution is -0.148. The number of fused-ring (bicyclic) bond motifs is 2. The summed E-state index contributed by atoms with van der Waals surface area (Å²) >= 11 is 17.8. The molecule has 3 atom stereocenters. The minimum absolute atomic E-state index is 0.231. The maximum Gasteiger partial charge on any atom is 0.306 e. The first-order chi connectivity index (χ1) is 11.4. The van der Waals surface area contributed by atoms with Crippen molar-refractivity contribution in [2.24, 2.45) is 17.8 Å². The SMILES string of the molecule is O=C(COC(=O)C[C@H]1C[C@H]2CC[C@@H]1C2)Nc1c(Cl)cc(Cl)cc1Cl. The molecule has 2 saturated carbocycles. The van der Waals surface area contributed by atoms with Gasteiger partial charge in [0.25, 0.3) is 5.91 Å². The van der Waals surface area contributed by atoms with E-state index >= 15 is 0 Å². The van der Waals surface area contributed by atoms with Crippen LogP contribution in [0.3, 0.4) is 0 Å². The highest BCUT2D eigenvalue weighted by molar-refractivity contribution is 6.42. The van der Waals surface area contributed by atoms with Crippen LogP contribution in [0, 0.1) is 17.8 Å². The van der Waals surface area contributed by atoms with E-state index < -0.39 is 5.91 Å². The number of nitrogens with one attached hydrogen (secondary N) is 1. The first kappa shape index (κ1) is 17.8. The van der Waals surface area contributed by atoms with E-state index in [-0.39, 0.29) is 28.3 Å². The van der Waals surface area contributed by atoms with E-state index in [1.807, 2.05) is 0 Å². The Morgan fingerprint density at radius 1 is 1.12 bits per heavy atom. The maximum absolute atomic E-state index is 11.9. The van der Waals surface area contributed by atoms with E-state index in [0.29, 0.717) is 23.3 Å². The Hall–Kier alpha value is -0.970. The fraction of sp³-hybridized carbons (Fsp3) is 0.529. The summed E-state index contributed by atoms with van der Waals surface area (Å²) in [6, 6.07) is 2.96. The average Bonchev–Trinajstić information content (AvgIpc) is 3.11. The molecule has 0 heterocycles. The van der Waals surface area contributed by atoms with Gasteiger partial charge in [-0.25, -0.2) is 0 Å². The summed E-state index contributed by atoms with van der Waals surface area (Å²) in [5.41, 5.74) is 0.261. The Labute approximate surface area is 155 Å². The van der Waals surface area contributed by atoms with Gasteiger partial charge < -0.3 is 10.1 Å². The standard InChI is InChI=1S/C17H18Cl3NO3/c18-12-6-13(19)17(14(20)7-12)21-15(22)8-24-16(23)5-11-4-9-1-2-10(11)3-9/h6-7,9-11H,1-5,8H2,(H,21,22)/t9-,10+,11+/m0/s1. The Morgan fingerprint density at radius 3 is 2.42 bits per heavy atom. The second-order valence-corrected chi connectivity index (χ2v) is 7.84. The minimum atomic E-state index is -0.484. The first-order valence-corrected chi connectivity index (χ1v) is 9.15. The number of hydrogen-bond donors (Lipinski definition) is 1. The number of hydrogen-bond acceptors (Lipinski definition) is 3. The van der Waals surface area contributed by atoms with Crippen molar-refractivity contribution in [1.82, 2.24) is 0 Å². The molecule has 1 amide bonds. The summed E-state index contributed by atoms with van der Waals surface area (Å²) in [4.78, 5) is 23.9. The van der Waals surface area contributed by atoms with Crippen LogP contribution in [0.5, 0.6) is 0 Å². The lowest BCUT2D eigenvalue weighted by Gasteiger charge is -2.20. The molecule has 2 aliphatic carbocycles. The number of carbonyl (C=O) groups excluding carboxylic acids is 2. The number of anilines is 1. The predicted molar refractivity (Wildman–Crippen MR) is 94.6 cm³/mol. The molecule has 2 bridgehead atoms. The van der Waals surface area contributed by atoms with Gasteiger partial charge in [-0.2, -0.15) is 0 Å². The summed E-state index contributed by atoms with van der Waals surface area (Å²) in [5.74, 6) is 1.05. The van der Waals surface area contributed by atoms with E-state index in [9.17, 15) is 9.59 Å². The van der Waals surface area contributed by atoms with Crippen molar-refractivity contribution < 1.29 is 14.3 Å². The van der Waals surface area contributed by atoms with E-state index in [1.54, 1.807) is 0 Å². The van der Waals surface area contributed by atoms with Crippen LogP contribution in [0.25, 0.3) is 0 Å². The van der Waals surface area contributed by atoms with Crippen molar-refractivity contribution in [3.63, 3.8) is 0 Å². The molecule has 2 aliphatic rings. The molecule has 24 heavy (non-hydrogen) atoms. The summed E-state index contributed by atoms with van der Waals surface area (Å²) in [5, 5.41) is 3.38. The number of rotatable bonds is 5. The highest BCUT2D eigenvalue weighted by atomic mass is 35.5. The minimum Gasteiger partial charge on any atom is -0.456 e. The molecule has 3 rings (SSSR count). The van der Waals surface area contributed by atoms with Crippen LogP contribution in [0.15, 0.2) is 12.1 Å². The van der Waals surface area contributed by atoms with E-state index in [0.717, 1.165) is 12.3 Å². The topological polar surface area (TPSA) is 55.4 Å². The second-order valence-electron chi connectivity index (χ2n) is 6.59. The smallest absolute Gasteiger partial charge is 0.306 e. The molecule has 0 aromatic heterocycles. The van der Waals surface area contributed by atoms with Crippen LogP contribution < -0.4 is 5.32 Å². The second kappa shape index (κ2) is 7.51. The molecule has 0 unspecified atom stereocenters. The molecule has 1 N–H and O–H groups in total. The van der Waals surface area contributed by atoms with Crippen molar-refractivity contribution in [3.05, 3.63) is 27.2 Å². The van der Waals surface area contributed by atoms with Crippen molar-refractivity contribution >= 4 is 52.4 Å². The van der Waals surface area contributed by atoms with Gasteiger partial charge in [0, 0.05) is 11.4 Å². The summed E-state index contributed by atoms with van der Waals surface area (Å²) in [6.07, 6.45) is 5.27. The van der Waals surface area contributed by atoms with Gasteiger partial charge >= 0.3 is 5.97 Å². The molecule has 130 valence electrons. The predicted octanol–water partition coefficient (Wildman–Crippen LogP) is 4.95. The van der Waals surface area contributed by atoms with E-state index in [2.05, 4.69) is 5.32 Å². The molecule has 0 radical (unpaired) electrons. The molecule has 4 nitrogen and oxygen atoms in total. The Morgan fingerprint density at radius 2 is 1.83 bits per heavy atom. The van der Waals surface area contributed by atoms with Crippen LogP contribution in [0.1, 0.15) is 32.1 Å². The van der Waals surface area contributed by atoms with Crippen molar-refractivity contribution in [1.29, 1.82) is 0 Å². The van der Waals surface area contributed by atoms with E-state index in [1.165, 1.54) is 31.4 Å². The van der Waals surface area contributed by atoms with Crippen molar-refractivity contribution in [2.45, 2.75) is 32.1 Å². The zero-order chi connectivity index (χ0) is 17.3. The molecule has 2 fully saturated rings. The fourth-order valence-electron chi connectivity index (χ4n) is 3.88. The molecule has 1 aromatic rings. The molecular formula is C17H18Cl3NO3. The Balaban J connectivity index is 1.46. The molecule has 0 spiro atoms. The molecule has 0 saturated heterocycles. The molecular weight excluding hydrogens is 373 g/mol. The zero-order valence-corrected chi connectivity index (χ0v) is 15.3. The number of esters is 1. The number of halogens is 3. The third kappa shape index (κ3) is 4.16. The number of amides is 1. The Kier molecular flexibility index (Phi) is 5.58. The summed E-state index contributed by atoms with van der Waals surface area (Å²) < 4.78 is 5.09. The van der Waals surface area contributed by atoms with Gasteiger partial charge in [0.15, 0.2) is 6.61 Å². The van der Waals surface area contributed by atoms with Gasteiger partial charge in [0.2, 0.25) is 0 Å². The number of ether oxygens (including phenoxy) is 1. The third-order valence-electron chi connectivity index (χ3n) is 4.95. The van der Waals surface area contributed by atoms with Gasteiger partial charge in [0.05, 0.1) is 15.7 Å². The highest BCUT2D eigenvalue weighted by Gasteiger charge is 2.40. The van der Waals surface area contributed by atoms with Crippen molar-refractivity contribution in [3.8, 4) is 0 Å². The molecule has 7 heteroatoms. The third-order valence-corrected chi connectivity index (χ3v) is 5.76. The number of benzene rings is 1. The van der Waals surface area contributed by atoms with Crippen LogP contribution >= 0.6 is 34.8 Å². The molecule has 0 aliphatic heterocycles. The van der Waals surface area contributed by atoms with Gasteiger partial charge in [-0.3, -0.25) is 9.59 Å². The fourth-order valence-corrected chi connectivity index (χ4v) is 4.79. The lowest BCUT2D eigenvalue weighted by atomic mass is 9.86. The summed E-state index contributed by atoms with van der Waals surface area (Å²) in [6.45, 7) is -0.352. The largest absolute Gasteiger partial charge is 0.456 e. The quantitative estimate of drug-likeness (QED) is 0.723. The van der Waals surface area contributed by atoms with Gasteiger partial charge in [-0.05, 0) is 49.1 Å². The van der Waals surface area contributed by atoms with Crippen LogP contribution in [-0.2, 0) is 14.3 Å². The number of carbonyl (C=O) groups is 2. The van der Waals surface area contributed by atoms with Crippen LogP contribution in [0.2, 0.25) is 15.1 Å². The first-order valence-electron chi connectivity index (χ1n) is 8.02. The Bertz CT molecular complexity index is 641. The monoisotopic (exact) mass is 389 g/mol. The van der Waals surface area contributed by atoms with E-state index in [4.69, 9.17) is 39.5 Å². The molecule has 1 aromatic carbocycles. The lowest BCUT2D eigenvalue weighted by Crippen LogP contribution is -2.23. The summed E-state index contributed by atoms with van der Waals surface area (Å²) in [7, 11) is 0. The van der Waals surface area contributed by atoms with Gasteiger partial charge in [-0.1, -0.05) is 41.2 Å². The van der Waals surface area contributed by atoms with Crippen LogP contribution in [-0.4, -0.2) is 18.5 Å². The maximum atomic E-state index is 11.9. The average molecular weight is 391 g/mol. The highest BCUT2D eigenvalue weighted by Crippen LogP contribution is 2.49. The zero-order valence-electron chi connectivity index (χ0n) is 13.0.